The van der Waals surface area contributed by atoms with E-state index < -0.39 is 5.60 Å². The number of piperidine rings is 1. The quantitative estimate of drug-likeness (QED) is 0.363. The Morgan fingerprint density at radius 3 is 2.54 bits per heavy atom. The van der Waals surface area contributed by atoms with Gasteiger partial charge in [-0.25, -0.2) is 19.2 Å². The van der Waals surface area contributed by atoms with Crippen molar-refractivity contribution in [2.45, 2.75) is 62.0 Å². The van der Waals surface area contributed by atoms with Crippen LogP contribution >= 0.6 is 23.4 Å². The SMILES string of the molecule is CC(C)(C)OC(=O)N1CCC(OCc2nc(-c3ccc(F)cc3)oc2Sc2ccc(Cl)cn2)CC1. The molecule has 0 radical (unpaired) electrons. The molecule has 0 atom stereocenters. The van der Waals surface area contributed by atoms with Gasteiger partial charge in [-0.2, -0.15) is 0 Å². The van der Waals surface area contributed by atoms with Gasteiger partial charge < -0.3 is 18.8 Å². The second-order valence-electron chi connectivity index (χ2n) is 9.15. The van der Waals surface area contributed by atoms with Crippen LogP contribution in [-0.2, 0) is 16.1 Å². The number of hydrogen-bond donors (Lipinski definition) is 0. The van der Waals surface area contributed by atoms with Crippen LogP contribution in [0.15, 0.2) is 57.1 Å². The molecule has 0 N–H and O–H groups in total. The Kier molecular flexibility index (Phi) is 7.98. The molecule has 0 spiro atoms. The maximum atomic E-state index is 13.4. The molecule has 3 heterocycles. The zero-order valence-corrected chi connectivity index (χ0v) is 21.4. The largest absolute Gasteiger partial charge is 0.444 e. The number of ether oxygens (including phenoxy) is 2. The van der Waals surface area contributed by atoms with Crippen LogP contribution in [0, 0.1) is 5.82 Å². The average molecular weight is 520 g/mol. The molecule has 4 rings (SSSR count). The third-order valence-electron chi connectivity index (χ3n) is 5.20. The van der Waals surface area contributed by atoms with E-state index in [0.29, 0.717) is 58.2 Å². The molecule has 7 nitrogen and oxygen atoms in total. The van der Waals surface area contributed by atoms with Gasteiger partial charge in [0, 0.05) is 24.8 Å². The predicted molar refractivity (Wildman–Crippen MR) is 131 cm³/mol. The highest BCUT2D eigenvalue weighted by Gasteiger charge is 2.28. The predicted octanol–water partition coefficient (Wildman–Crippen LogP) is 6.60. The third-order valence-corrected chi connectivity index (χ3v) is 6.38. The van der Waals surface area contributed by atoms with E-state index >= 15 is 0 Å². The molecule has 35 heavy (non-hydrogen) atoms. The molecule has 2 aromatic heterocycles. The molecule has 1 aliphatic rings. The maximum absolute atomic E-state index is 13.4. The number of oxazole rings is 1. The lowest BCUT2D eigenvalue weighted by molar-refractivity contribution is -0.0185. The molecule has 0 aliphatic carbocycles. The van der Waals surface area contributed by atoms with E-state index in [1.165, 1.54) is 23.9 Å². The number of nitrogens with zero attached hydrogens (tertiary/aromatic N) is 3. The van der Waals surface area contributed by atoms with Gasteiger partial charge in [0.25, 0.3) is 0 Å². The van der Waals surface area contributed by atoms with Crippen molar-refractivity contribution in [3.05, 3.63) is 59.1 Å². The highest BCUT2D eigenvalue weighted by molar-refractivity contribution is 7.99. The number of amides is 1. The lowest BCUT2D eigenvalue weighted by Gasteiger charge is -2.33. The van der Waals surface area contributed by atoms with Crippen molar-refractivity contribution >= 4 is 29.5 Å². The van der Waals surface area contributed by atoms with Crippen LogP contribution < -0.4 is 0 Å². The number of benzene rings is 1. The Morgan fingerprint density at radius 1 is 1.20 bits per heavy atom. The molecule has 1 saturated heterocycles. The lowest BCUT2D eigenvalue weighted by atomic mass is 10.1. The van der Waals surface area contributed by atoms with Gasteiger partial charge in [-0.3, -0.25) is 0 Å². The number of pyridine rings is 1. The maximum Gasteiger partial charge on any atom is 0.410 e. The van der Waals surface area contributed by atoms with E-state index in [-0.39, 0.29) is 24.6 Å². The lowest BCUT2D eigenvalue weighted by Crippen LogP contribution is -2.43. The van der Waals surface area contributed by atoms with Gasteiger partial charge in [-0.15, -0.1) is 0 Å². The van der Waals surface area contributed by atoms with Crippen LogP contribution in [-0.4, -0.2) is 45.8 Å². The number of carbonyl (C=O) groups is 1. The minimum atomic E-state index is -0.521. The van der Waals surface area contributed by atoms with Crippen molar-refractivity contribution < 1.29 is 23.1 Å². The minimum absolute atomic E-state index is 0.0221. The molecule has 1 aromatic carbocycles. The van der Waals surface area contributed by atoms with Crippen molar-refractivity contribution in [2.75, 3.05) is 13.1 Å². The number of likely N-dealkylation sites (tertiary alicyclic amines) is 1. The van der Waals surface area contributed by atoms with Gasteiger partial charge in [0.15, 0.2) is 5.09 Å². The van der Waals surface area contributed by atoms with Gasteiger partial charge >= 0.3 is 6.09 Å². The van der Waals surface area contributed by atoms with Crippen molar-refractivity contribution in [1.82, 2.24) is 14.9 Å². The van der Waals surface area contributed by atoms with E-state index in [1.807, 2.05) is 20.8 Å². The summed E-state index contributed by atoms with van der Waals surface area (Å²) >= 11 is 7.26. The normalized spacial score (nSPS) is 14.8. The van der Waals surface area contributed by atoms with E-state index in [2.05, 4.69) is 9.97 Å². The van der Waals surface area contributed by atoms with Crippen LogP contribution in [0.3, 0.4) is 0 Å². The summed E-state index contributed by atoms with van der Waals surface area (Å²) in [7, 11) is 0. The number of hydrogen-bond acceptors (Lipinski definition) is 7. The number of carbonyl (C=O) groups excluding carboxylic acids is 1. The van der Waals surface area contributed by atoms with E-state index in [0.717, 1.165) is 0 Å². The average Bonchev–Trinajstić information content (AvgIpc) is 3.21. The molecule has 1 fully saturated rings. The molecule has 1 amide bonds. The van der Waals surface area contributed by atoms with Crippen LogP contribution in [0.2, 0.25) is 5.02 Å². The van der Waals surface area contributed by atoms with E-state index in [4.69, 9.17) is 25.5 Å². The smallest absolute Gasteiger partial charge is 0.410 e. The second-order valence-corrected chi connectivity index (χ2v) is 10.6. The van der Waals surface area contributed by atoms with Crippen LogP contribution in [0.1, 0.15) is 39.3 Å². The standard InChI is InChI=1S/C25H27ClFN3O4S/c1-25(2,3)34-24(31)30-12-10-19(11-13-30)32-15-20-23(35-21-9-6-17(26)14-28-21)33-22(29-20)16-4-7-18(27)8-5-16/h4-9,14,19H,10-13,15H2,1-3H3. The van der Waals surface area contributed by atoms with Gasteiger partial charge in [0.2, 0.25) is 5.89 Å². The molecule has 0 saturated carbocycles. The van der Waals surface area contributed by atoms with E-state index in [1.54, 1.807) is 35.4 Å². The summed E-state index contributed by atoms with van der Waals surface area (Å²) in [6, 6.07) is 9.51. The van der Waals surface area contributed by atoms with Crippen LogP contribution in [0.4, 0.5) is 9.18 Å². The fourth-order valence-electron chi connectivity index (χ4n) is 3.47. The Labute approximate surface area is 213 Å². The summed E-state index contributed by atoms with van der Waals surface area (Å²) in [6.45, 7) is 6.93. The fraction of sp³-hybridized carbons (Fsp3) is 0.400. The number of halogens is 2. The van der Waals surface area contributed by atoms with Crippen LogP contribution in [0.25, 0.3) is 11.5 Å². The van der Waals surface area contributed by atoms with Crippen molar-refractivity contribution in [1.29, 1.82) is 0 Å². The molecule has 186 valence electrons. The first-order valence-corrected chi connectivity index (χ1v) is 12.5. The van der Waals surface area contributed by atoms with Gasteiger partial charge in [-0.1, -0.05) is 11.6 Å². The molecule has 0 unspecified atom stereocenters. The van der Waals surface area contributed by atoms with Gasteiger partial charge in [0.05, 0.1) is 17.7 Å². The second kappa shape index (κ2) is 11.0. The molecule has 1 aliphatic heterocycles. The molecule has 10 heteroatoms. The zero-order chi connectivity index (χ0) is 25.0. The molecular weight excluding hydrogens is 493 g/mol. The first-order valence-electron chi connectivity index (χ1n) is 11.3. The molecule has 3 aromatic rings. The topological polar surface area (TPSA) is 77.7 Å². The summed E-state index contributed by atoms with van der Waals surface area (Å²) in [5.41, 5.74) is 0.766. The zero-order valence-electron chi connectivity index (χ0n) is 19.8. The van der Waals surface area contributed by atoms with Gasteiger partial charge in [-0.05, 0) is 81.8 Å². The minimum Gasteiger partial charge on any atom is -0.444 e. The van der Waals surface area contributed by atoms with Crippen molar-refractivity contribution in [3.8, 4) is 11.5 Å². The number of rotatable bonds is 6. The Bertz CT molecular complexity index is 1140. The Balaban J connectivity index is 1.43. The van der Waals surface area contributed by atoms with Crippen LogP contribution in [0.5, 0.6) is 0 Å². The van der Waals surface area contributed by atoms with Gasteiger partial charge in [0.1, 0.15) is 22.1 Å². The summed E-state index contributed by atoms with van der Waals surface area (Å²) in [4.78, 5) is 22.9. The highest BCUT2D eigenvalue weighted by Crippen LogP contribution is 2.34. The fourth-order valence-corrected chi connectivity index (χ4v) is 4.36. The summed E-state index contributed by atoms with van der Waals surface area (Å²) in [5.74, 6) is 0.0429. The third kappa shape index (κ3) is 7.19. The summed E-state index contributed by atoms with van der Waals surface area (Å²) in [5, 5.41) is 1.79. The summed E-state index contributed by atoms with van der Waals surface area (Å²) < 4.78 is 31.0. The molecule has 0 bridgehead atoms. The van der Waals surface area contributed by atoms with E-state index in [9.17, 15) is 9.18 Å². The Hall–Kier alpha value is -2.62. The molecular formula is C25H27ClFN3O4S. The first kappa shape index (κ1) is 25.5. The highest BCUT2D eigenvalue weighted by atomic mass is 35.5. The Morgan fingerprint density at radius 2 is 1.91 bits per heavy atom. The number of aromatic nitrogens is 2. The van der Waals surface area contributed by atoms with Crippen molar-refractivity contribution in [2.24, 2.45) is 0 Å². The monoisotopic (exact) mass is 519 g/mol. The van der Waals surface area contributed by atoms with Crippen molar-refractivity contribution in [3.63, 3.8) is 0 Å². The summed E-state index contributed by atoms with van der Waals surface area (Å²) in [6.07, 6.45) is 2.64. The first-order chi connectivity index (χ1) is 16.7.